The summed E-state index contributed by atoms with van der Waals surface area (Å²) in [6, 6.07) is 8.97. The number of hydrogen-bond acceptors (Lipinski definition) is 4. The summed E-state index contributed by atoms with van der Waals surface area (Å²) in [7, 11) is 1.59. The van der Waals surface area contributed by atoms with E-state index in [9.17, 15) is 9.59 Å². The molecule has 0 aliphatic rings. The van der Waals surface area contributed by atoms with Crippen LogP contribution in [0.15, 0.2) is 35.1 Å². The van der Waals surface area contributed by atoms with Crippen LogP contribution in [0.4, 0.5) is 0 Å². The highest BCUT2D eigenvalue weighted by Gasteiger charge is 2.07. The molecule has 0 saturated heterocycles. The van der Waals surface area contributed by atoms with Gasteiger partial charge in [-0.2, -0.15) is 5.10 Å². The van der Waals surface area contributed by atoms with Gasteiger partial charge in [0.1, 0.15) is 5.75 Å². The lowest BCUT2D eigenvalue weighted by atomic mass is 10.1. The maximum absolute atomic E-state index is 11.6. The fourth-order valence-corrected chi connectivity index (χ4v) is 1.87. The number of benzene rings is 1. The summed E-state index contributed by atoms with van der Waals surface area (Å²) in [5.41, 5.74) is 1.66. The molecule has 2 rings (SSSR count). The van der Waals surface area contributed by atoms with E-state index in [1.807, 2.05) is 24.3 Å². The van der Waals surface area contributed by atoms with Gasteiger partial charge in [0, 0.05) is 17.5 Å². The Bertz CT molecular complexity index is 665. The fourth-order valence-electron chi connectivity index (χ4n) is 1.77. The van der Waals surface area contributed by atoms with E-state index < -0.39 is 5.24 Å². The van der Waals surface area contributed by atoms with Crippen molar-refractivity contribution in [2.45, 2.75) is 12.8 Å². The zero-order valence-corrected chi connectivity index (χ0v) is 11.6. The Hall–Kier alpha value is -2.14. The van der Waals surface area contributed by atoms with E-state index in [2.05, 4.69) is 10.2 Å². The van der Waals surface area contributed by atoms with E-state index >= 15 is 0 Å². The van der Waals surface area contributed by atoms with Crippen molar-refractivity contribution in [1.29, 1.82) is 0 Å². The van der Waals surface area contributed by atoms with Crippen LogP contribution in [0.25, 0.3) is 11.3 Å². The third-order valence-corrected chi connectivity index (χ3v) is 3.05. The van der Waals surface area contributed by atoms with Gasteiger partial charge in [0.25, 0.3) is 5.56 Å². The lowest BCUT2D eigenvalue weighted by Gasteiger charge is -2.04. The minimum absolute atomic E-state index is 0.122. The topological polar surface area (TPSA) is 72.1 Å². The van der Waals surface area contributed by atoms with Gasteiger partial charge in [0.05, 0.1) is 12.8 Å². The second-order valence-corrected chi connectivity index (χ2v) is 4.61. The number of methoxy groups -OCH3 is 1. The largest absolute Gasteiger partial charge is 0.497 e. The summed E-state index contributed by atoms with van der Waals surface area (Å²) in [6.07, 6.45) is 0.417. The van der Waals surface area contributed by atoms with Crippen molar-refractivity contribution in [2.75, 3.05) is 7.11 Å². The van der Waals surface area contributed by atoms with E-state index in [0.717, 1.165) is 11.3 Å². The molecule has 104 valence electrons. The van der Waals surface area contributed by atoms with Crippen LogP contribution in [-0.4, -0.2) is 22.5 Å². The van der Waals surface area contributed by atoms with E-state index in [0.29, 0.717) is 17.7 Å². The van der Waals surface area contributed by atoms with Gasteiger partial charge in [0.15, 0.2) is 0 Å². The maximum atomic E-state index is 11.6. The average molecular weight is 293 g/mol. The number of ether oxygens (including phenoxy) is 1. The number of aromatic amines is 1. The zero-order chi connectivity index (χ0) is 14.5. The molecule has 0 saturated carbocycles. The van der Waals surface area contributed by atoms with Gasteiger partial charge in [-0.05, 0) is 48.4 Å². The molecule has 0 aliphatic carbocycles. The van der Waals surface area contributed by atoms with E-state index in [4.69, 9.17) is 16.3 Å². The SMILES string of the molecule is COc1ccc(-c2cc(CCC(=O)Cl)c(=O)[nH]n2)cc1. The summed E-state index contributed by atoms with van der Waals surface area (Å²) in [5, 5.41) is 5.96. The average Bonchev–Trinajstić information content (AvgIpc) is 2.46. The highest BCUT2D eigenvalue weighted by molar-refractivity contribution is 6.63. The molecule has 1 aromatic carbocycles. The third-order valence-electron chi connectivity index (χ3n) is 2.86. The third kappa shape index (κ3) is 3.45. The molecule has 0 bridgehead atoms. The number of nitrogens with zero attached hydrogens (tertiary/aromatic N) is 1. The molecular formula is C14H13ClN2O3. The van der Waals surface area contributed by atoms with E-state index in [1.54, 1.807) is 13.2 Å². The fraction of sp³-hybridized carbons (Fsp3) is 0.214. The molecule has 0 atom stereocenters. The van der Waals surface area contributed by atoms with Crippen molar-refractivity contribution in [1.82, 2.24) is 10.2 Å². The van der Waals surface area contributed by atoms with Crippen LogP contribution in [0.5, 0.6) is 5.75 Å². The summed E-state index contributed by atoms with van der Waals surface area (Å²) in [5.74, 6) is 0.742. The Morgan fingerprint density at radius 3 is 2.65 bits per heavy atom. The Kier molecular flexibility index (Phi) is 4.53. The summed E-state index contributed by atoms with van der Waals surface area (Å²) in [4.78, 5) is 22.4. The first-order chi connectivity index (χ1) is 9.60. The molecule has 0 amide bonds. The van der Waals surface area contributed by atoms with Crippen molar-refractivity contribution in [3.05, 3.63) is 46.2 Å². The molecule has 5 nitrogen and oxygen atoms in total. The molecule has 1 heterocycles. The Morgan fingerprint density at radius 1 is 1.35 bits per heavy atom. The quantitative estimate of drug-likeness (QED) is 0.857. The first-order valence-corrected chi connectivity index (χ1v) is 6.39. The van der Waals surface area contributed by atoms with Gasteiger partial charge in [-0.15, -0.1) is 0 Å². The number of aromatic nitrogens is 2. The van der Waals surface area contributed by atoms with Gasteiger partial charge in [-0.3, -0.25) is 9.59 Å². The number of H-pyrrole nitrogens is 1. The van der Waals surface area contributed by atoms with Crippen LogP contribution < -0.4 is 10.3 Å². The molecule has 0 radical (unpaired) electrons. The first-order valence-electron chi connectivity index (χ1n) is 6.01. The number of nitrogens with one attached hydrogen (secondary N) is 1. The standard InChI is InChI=1S/C14H13ClN2O3/c1-20-11-5-2-9(3-6-11)12-8-10(4-7-13(15)18)14(19)17-16-12/h2-3,5-6,8H,4,7H2,1H3,(H,17,19). The van der Waals surface area contributed by atoms with Crippen molar-refractivity contribution in [2.24, 2.45) is 0 Å². The number of carbonyl (C=O) groups excluding carboxylic acids is 1. The number of carbonyl (C=O) groups is 1. The zero-order valence-electron chi connectivity index (χ0n) is 10.9. The molecule has 1 aromatic heterocycles. The first kappa shape index (κ1) is 14.3. The van der Waals surface area contributed by atoms with E-state index in [-0.39, 0.29) is 12.0 Å². The minimum atomic E-state index is -0.466. The van der Waals surface area contributed by atoms with Crippen LogP contribution in [0.1, 0.15) is 12.0 Å². The predicted molar refractivity (Wildman–Crippen MR) is 76.0 cm³/mol. The van der Waals surface area contributed by atoms with Crippen molar-refractivity contribution in [3.8, 4) is 17.0 Å². The molecule has 0 spiro atoms. The number of halogens is 1. The van der Waals surface area contributed by atoms with Crippen molar-refractivity contribution in [3.63, 3.8) is 0 Å². The smallest absolute Gasteiger partial charge is 0.267 e. The number of hydrogen-bond donors (Lipinski definition) is 1. The van der Waals surface area contributed by atoms with Crippen LogP contribution >= 0.6 is 11.6 Å². The van der Waals surface area contributed by atoms with E-state index in [1.165, 1.54) is 0 Å². The molecule has 1 N–H and O–H groups in total. The highest BCUT2D eigenvalue weighted by Crippen LogP contribution is 2.20. The lowest BCUT2D eigenvalue weighted by Crippen LogP contribution is -2.15. The number of aryl methyl sites for hydroxylation is 1. The van der Waals surface area contributed by atoms with Crippen molar-refractivity contribution >= 4 is 16.8 Å². The molecule has 6 heteroatoms. The van der Waals surface area contributed by atoms with Crippen LogP contribution in [0.2, 0.25) is 0 Å². The molecule has 2 aromatic rings. The monoisotopic (exact) mass is 292 g/mol. The summed E-state index contributed by atoms with van der Waals surface area (Å²) in [6.45, 7) is 0. The molecule has 0 fully saturated rings. The second-order valence-electron chi connectivity index (χ2n) is 4.19. The molecule has 20 heavy (non-hydrogen) atoms. The van der Waals surface area contributed by atoms with Gasteiger partial charge < -0.3 is 4.74 Å². The predicted octanol–water partition coefficient (Wildman–Crippen LogP) is 2.14. The second kappa shape index (κ2) is 6.34. The van der Waals surface area contributed by atoms with Gasteiger partial charge in [-0.25, -0.2) is 5.10 Å². The molecule has 0 aliphatic heterocycles. The van der Waals surface area contributed by atoms with Crippen LogP contribution in [0.3, 0.4) is 0 Å². The van der Waals surface area contributed by atoms with Gasteiger partial charge >= 0.3 is 0 Å². The van der Waals surface area contributed by atoms with Gasteiger partial charge in [-0.1, -0.05) is 0 Å². The minimum Gasteiger partial charge on any atom is -0.497 e. The lowest BCUT2D eigenvalue weighted by molar-refractivity contribution is -0.111. The van der Waals surface area contributed by atoms with Crippen LogP contribution in [0, 0.1) is 0 Å². The Labute approximate surface area is 120 Å². The molecular weight excluding hydrogens is 280 g/mol. The summed E-state index contributed by atoms with van der Waals surface area (Å²) >= 11 is 5.29. The van der Waals surface area contributed by atoms with Gasteiger partial charge in [0.2, 0.25) is 5.24 Å². The maximum Gasteiger partial charge on any atom is 0.267 e. The normalized spacial score (nSPS) is 10.3. The summed E-state index contributed by atoms with van der Waals surface area (Å²) < 4.78 is 5.08. The molecule has 0 unspecified atom stereocenters. The van der Waals surface area contributed by atoms with Crippen LogP contribution in [-0.2, 0) is 11.2 Å². The Morgan fingerprint density at radius 2 is 2.05 bits per heavy atom. The Balaban J connectivity index is 2.29. The number of rotatable bonds is 5. The highest BCUT2D eigenvalue weighted by atomic mass is 35.5. The van der Waals surface area contributed by atoms with Crippen molar-refractivity contribution < 1.29 is 9.53 Å².